The van der Waals surface area contributed by atoms with Crippen LogP contribution in [0, 0.1) is 0 Å². The molecule has 8 heteroatoms. The molecule has 0 spiro atoms. The minimum Gasteiger partial charge on any atom is -0.465 e. The molecular weight excluding hydrogens is 376 g/mol. The number of carbonyl (C=O) groups excluding carboxylic acids is 1. The van der Waals surface area contributed by atoms with Crippen LogP contribution in [0.1, 0.15) is 18.5 Å². The van der Waals surface area contributed by atoms with Crippen LogP contribution in [0.15, 0.2) is 28.7 Å². The Morgan fingerprint density at radius 2 is 2.29 bits per heavy atom. The van der Waals surface area contributed by atoms with E-state index in [0.29, 0.717) is 18.9 Å². The van der Waals surface area contributed by atoms with Crippen molar-refractivity contribution in [1.82, 2.24) is 15.6 Å². The van der Waals surface area contributed by atoms with Crippen molar-refractivity contribution < 1.29 is 14.7 Å². The molecule has 0 bridgehead atoms. The van der Waals surface area contributed by atoms with Gasteiger partial charge in [-0.3, -0.25) is 4.79 Å². The van der Waals surface area contributed by atoms with E-state index in [2.05, 4.69) is 26.6 Å². The van der Waals surface area contributed by atoms with E-state index in [9.17, 15) is 9.59 Å². The number of anilines is 1. The first-order valence-electron chi connectivity index (χ1n) is 7.56. The number of hydrogen-bond acceptors (Lipinski definition) is 4. The first-order chi connectivity index (χ1) is 11.5. The van der Waals surface area contributed by atoms with Crippen LogP contribution in [-0.2, 0) is 4.79 Å². The largest absolute Gasteiger partial charge is 0.465 e. The second-order valence-corrected chi connectivity index (χ2v) is 6.51. The summed E-state index contributed by atoms with van der Waals surface area (Å²) in [5, 5.41) is 15.2. The SMILES string of the molecule is CC(NC(=O)O)c1cc2cccc(Br)c2nc1N1CCNC(=O)C1. The average molecular weight is 393 g/mol. The second kappa shape index (κ2) is 6.64. The lowest BCUT2D eigenvalue weighted by atomic mass is 10.1. The number of carboxylic acid groups (broad SMARTS) is 1. The van der Waals surface area contributed by atoms with Gasteiger partial charge in [0.25, 0.3) is 0 Å². The monoisotopic (exact) mass is 392 g/mol. The highest BCUT2D eigenvalue weighted by Crippen LogP contribution is 2.31. The van der Waals surface area contributed by atoms with Gasteiger partial charge in [0.2, 0.25) is 5.91 Å². The molecule has 1 aliphatic heterocycles. The van der Waals surface area contributed by atoms with E-state index in [1.165, 1.54) is 0 Å². The lowest BCUT2D eigenvalue weighted by Gasteiger charge is -2.31. The maximum atomic E-state index is 11.7. The van der Waals surface area contributed by atoms with Crippen molar-refractivity contribution in [3.63, 3.8) is 0 Å². The third-order valence-corrected chi connectivity index (χ3v) is 4.59. The molecule has 0 radical (unpaired) electrons. The summed E-state index contributed by atoms with van der Waals surface area (Å²) >= 11 is 3.50. The van der Waals surface area contributed by atoms with Gasteiger partial charge in [-0.1, -0.05) is 12.1 Å². The van der Waals surface area contributed by atoms with Crippen LogP contribution in [0.2, 0.25) is 0 Å². The number of fused-ring (bicyclic) bond motifs is 1. The van der Waals surface area contributed by atoms with Gasteiger partial charge in [0.15, 0.2) is 0 Å². The van der Waals surface area contributed by atoms with Crippen molar-refractivity contribution in [3.8, 4) is 0 Å². The van der Waals surface area contributed by atoms with Gasteiger partial charge >= 0.3 is 6.09 Å². The number of amides is 2. The number of carbonyl (C=O) groups is 2. The van der Waals surface area contributed by atoms with E-state index in [1.807, 2.05) is 29.2 Å². The van der Waals surface area contributed by atoms with Crippen LogP contribution in [0.25, 0.3) is 10.9 Å². The Kier molecular flexibility index (Phi) is 4.57. The first kappa shape index (κ1) is 16.5. The van der Waals surface area contributed by atoms with E-state index in [1.54, 1.807) is 6.92 Å². The third-order valence-electron chi connectivity index (χ3n) is 3.95. The zero-order valence-corrected chi connectivity index (χ0v) is 14.6. The van der Waals surface area contributed by atoms with Crippen molar-refractivity contribution in [2.75, 3.05) is 24.5 Å². The van der Waals surface area contributed by atoms with E-state index < -0.39 is 12.1 Å². The first-order valence-corrected chi connectivity index (χ1v) is 8.35. The molecule has 126 valence electrons. The fourth-order valence-corrected chi connectivity index (χ4v) is 3.29. The smallest absolute Gasteiger partial charge is 0.405 e. The predicted molar refractivity (Wildman–Crippen MR) is 94.2 cm³/mol. The number of para-hydroxylation sites is 1. The van der Waals surface area contributed by atoms with Crippen molar-refractivity contribution >= 4 is 44.7 Å². The number of pyridine rings is 1. The number of halogens is 1. The van der Waals surface area contributed by atoms with Gasteiger partial charge in [-0.05, 0) is 35.0 Å². The second-order valence-electron chi connectivity index (χ2n) is 5.66. The molecule has 7 nitrogen and oxygen atoms in total. The van der Waals surface area contributed by atoms with Crippen LogP contribution in [0.3, 0.4) is 0 Å². The van der Waals surface area contributed by atoms with Crippen LogP contribution < -0.4 is 15.5 Å². The fraction of sp³-hybridized carbons (Fsp3) is 0.312. The minimum atomic E-state index is -1.10. The van der Waals surface area contributed by atoms with Gasteiger partial charge in [-0.2, -0.15) is 0 Å². The van der Waals surface area contributed by atoms with E-state index in [4.69, 9.17) is 10.1 Å². The summed E-state index contributed by atoms with van der Waals surface area (Å²) in [7, 11) is 0. The lowest BCUT2D eigenvalue weighted by molar-refractivity contribution is -0.120. The van der Waals surface area contributed by atoms with Crippen molar-refractivity contribution in [2.24, 2.45) is 0 Å². The number of hydrogen-bond donors (Lipinski definition) is 3. The van der Waals surface area contributed by atoms with E-state index >= 15 is 0 Å². The van der Waals surface area contributed by atoms with Crippen LogP contribution in [-0.4, -0.2) is 41.7 Å². The van der Waals surface area contributed by atoms with Crippen molar-refractivity contribution in [2.45, 2.75) is 13.0 Å². The Hall–Kier alpha value is -2.35. The standard InChI is InChI=1S/C16H17BrN4O3/c1-9(19-16(23)24)11-7-10-3-2-4-12(17)14(10)20-15(11)21-6-5-18-13(22)8-21/h2-4,7,9,19H,5-6,8H2,1H3,(H,18,22)(H,23,24). The number of nitrogens with one attached hydrogen (secondary N) is 2. The van der Waals surface area contributed by atoms with E-state index in [-0.39, 0.29) is 12.5 Å². The van der Waals surface area contributed by atoms with Gasteiger partial charge < -0.3 is 20.6 Å². The summed E-state index contributed by atoms with van der Waals surface area (Å²) in [4.78, 5) is 29.4. The Labute approximate surface area is 147 Å². The summed E-state index contributed by atoms with van der Waals surface area (Å²) in [5.74, 6) is 0.561. The summed E-state index contributed by atoms with van der Waals surface area (Å²) in [6.45, 7) is 3.13. The molecule has 3 rings (SSSR count). The topological polar surface area (TPSA) is 94.6 Å². The number of rotatable bonds is 3. The van der Waals surface area contributed by atoms with E-state index in [0.717, 1.165) is 20.9 Å². The normalized spacial score (nSPS) is 15.9. The molecule has 0 saturated carbocycles. The van der Waals surface area contributed by atoms with Crippen LogP contribution >= 0.6 is 15.9 Å². The molecule has 24 heavy (non-hydrogen) atoms. The molecule has 1 aliphatic rings. The summed E-state index contributed by atoms with van der Waals surface area (Å²) in [5.41, 5.74) is 1.53. The molecule has 3 N–H and O–H groups in total. The Bertz CT molecular complexity index is 811. The molecule has 2 heterocycles. The lowest BCUT2D eigenvalue weighted by Crippen LogP contribution is -2.48. The van der Waals surface area contributed by atoms with Crippen molar-refractivity contribution in [1.29, 1.82) is 0 Å². The number of nitrogens with zero attached hydrogens (tertiary/aromatic N) is 2. The van der Waals surface area contributed by atoms with Gasteiger partial charge in [-0.15, -0.1) is 0 Å². The minimum absolute atomic E-state index is 0.0694. The highest BCUT2D eigenvalue weighted by Gasteiger charge is 2.24. The number of benzene rings is 1. The molecule has 0 aliphatic carbocycles. The van der Waals surface area contributed by atoms with Crippen molar-refractivity contribution in [3.05, 3.63) is 34.3 Å². The molecule has 1 fully saturated rings. The van der Waals surface area contributed by atoms with Gasteiger partial charge in [0, 0.05) is 28.5 Å². The number of piperazine rings is 1. The molecule has 1 aromatic carbocycles. The summed E-state index contributed by atoms with van der Waals surface area (Å²) in [6, 6.07) is 7.21. The Balaban J connectivity index is 2.13. The molecule has 1 atom stereocenters. The van der Waals surface area contributed by atoms with Crippen LogP contribution in [0.4, 0.5) is 10.6 Å². The molecule has 2 aromatic rings. The Morgan fingerprint density at radius 1 is 1.50 bits per heavy atom. The quantitative estimate of drug-likeness (QED) is 0.744. The van der Waals surface area contributed by atoms with Gasteiger partial charge in [-0.25, -0.2) is 9.78 Å². The summed E-state index contributed by atoms with van der Waals surface area (Å²) < 4.78 is 0.855. The predicted octanol–water partition coefficient (Wildman–Crippen LogP) is 2.26. The van der Waals surface area contributed by atoms with Crippen LogP contribution in [0.5, 0.6) is 0 Å². The molecule has 1 unspecified atom stereocenters. The zero-order valence-electron chi connectivity index (χ0n) is 13.0. The third kappa shape index (κ3) is 3.28. The highest BCUT2D eigenvalue weighted by atomic mass is 79.9. The van der Waals surface area contributed by atoms with Gasteiger partial charge in [0.05, 0.1) is 18.1 Å². The number of aromatic nitrogens is 1. The maximum absolute atomic E-state index is 11.7. The fourth-order valence-electron chi connectivity index (χ4n) is 2.82. The highest BCUT2D eigenvalue weighted by molar-refractivity contribution is 9.10. The zero-order chi connectivity index (χ0) is 17.3. The molecule has 1 saturated heterocycles. The maximum Gasteiger partial charge on any atom is 0.405 e. The molecular formula is C16H17BrN4O3. The van der Waals surface area contributed by atoms with Gasteiger partial charge in [0.1, 0.15) is 5.82 Å². The summed E-state index contributed by atoms with van der Waals surface area (Å²) in [6.07, 6.45) is -1.10. The average Bonchev–Trinajstić information content (AvgIpc) is 2.53. The Morgan fingerprint density at radius 3 is 3.00 bits per heavy atom. The molecule has 2 amide bonds. The molecule has 1 aromatic heterocycles.